The maximum absolute atomic E-state index is 12.4. The summed E-state index contributed by atoms with van der Waals surface area (Å²) >= 11 is 0. The number of nitrogens with zero attached hydrogens (tertiary/aromatic N) is 3. The van der Waals surface area contributed by atoms with Gasteiger partial charge < -0.3 is 15.4 Å². The number of hydrogen-bond donors (Lipinski definition) is 2. The van der Waals surface area contributed by atoms with Crippen molar-refractivity contribution in [2.24, 2.45) is 5.73 Å². The van der Waals surface area contributed by atoms with Crippen LogP contribution in [0.25, 0.3) is 16.9 Å². The standard InChI is InChI=1S/C26H25N5O3/c1-2-22(32)30-14-12-17(13-15-30)21-16-28-26-23(25(27)33)24(29-31(21)26)18-8-10-20(11-9-18)34-19-6-4-3-5-7-19/h2-11,16-17,29H,1,12-15H2,(H2,27,33). The largest absolute Gasteiger partial charge is 0.457 e. The lowest BCUT2D eigenvalue weighted by Gasteiger charge is -2.30. The van der Waals surface area contributed by atoms with E-state index < -0.39 is 5.91 Å². The van der Waals surface area contributed by atoms with E-state index in [1.807, 2.05) is 59.1 Å². The van der Waals surface area contributed by atoms with Crippen molar-refractivity contribution in [3.8, 4) is 22.8 Å². The van der Waals surface area contributed by atoms with Gasteiger partial charge in [0.15, 0.2) is 5.65 Å². The Morgan fingerprint density at radius 1 is 1.06 bits per heavy atom. The van der Waals surface area contributed by atoms with E-state index in [0.717, 1.165) is 29.8 Å². The number of piperidine rings is 1. The van der Waals surface area contributed by atoms with Gasteiger partial charge in [-0.1, -0.05) is 24.8 Å². The summed E-state index contributed by atoms with van der Waals surface area (Å²) < 4.78 is 7.72. The second-order valence-corrected chi connectivity index (χ2v) is 8.31. The van der Waals surface area contributed by atoms with Crippen molar-refractivity contribution in [2.75, 3.05) is 13.1 Å². The summed E-state index contributed by atoms with van der Waals surface area (Å²) in [7, 11) is 0. The molecule has 34 heavy (non-hydrogen) atoms. The molecule has 8 nitrogen and oxygen atoms in total. The van der Waals surface area contributed by atoms with Crippen LogP contribution in [0.2, 0.25) is 0 Å². The monoisotopic (exact) mass is 455 g/mol. The number of H-pyrrole nitrogens is 1. The van der Waals surface area contributed by atoms with Crippen LogP contribution in [-0.2, 0) is 4.79 Å². The highest BCUT2D eigenvalue weighted by Gasteiger charge is 2.28. The number of carbonyl (C=O) groups is 2. The van der Waals surface area contributed by atoms with E-state index in [1.54, 1.807) is 11.1 Å². The number of likely N-dealkylation sites (tertiary alicyclic amines) is 1. The fourth-order valence-electron chi connectivity index (χ4n) is 4.51. The molecule has 172 valence electrons. The molecule has 5 rings (SSSR count). The van der Waals surface area contributed by atoms with Crippen LogP contribution in [0.3, 0.4) is 0 Å². The first-order valence-electron chi connectivity index (χ1n) is 11.2. The van der Waals surface area contributed by atoms with E-state index in [1.165, 1.54) is 6.08 Å². The average Bonchev–Trinajstić information content (AvgIpc) is 3.44. The molecule has 1 saturated heterocycles. The molecule has 3 N–H and O–H groups in total. The highest BCUT2D eigenvalue weighted by Crippen LogP contribution is 2.33. The van der Waals surface area contributed by atoms with Crippen molar-refractivity contribution >= 4 is 17.5 Å². The third kappa shape index (κ3) is 3.94. The van der Waals surface area contributed by atoms with Crippen molar-refractivity contribution in [1.82, 2.24) is 19.5 Å². The van der Waals surface area contributed by atoms with E-state index >= 15 is 0 Å². The summed E-state index contributed by atoms with van der Waals surface area (Å²) in [6, 6.07) is 17.0. The molecule has 4 aromatic rings. The lowest BCUT2D eigenvalue weighted by atomic mass is 9.94. The van der Waals surface area contributed by atoms with Gasteiger partial charge in [0.05, 0.1) is 17.6 Å². The Balaban J connectivity index is 1.44. The van der Waals surface area contributed by atoms with Crippen LogP contribution in [-0.4, -0.2) is 44.4 Å². The maximum atomic E-state index is 12.4. The van der Waals surface area contributed by atoms with Gasteiger partial charge in [0, 0.05) is 24.6 Å². The zero-order valence-corrected chi connectivity index (χ0v) is 18.6. The number of para-hydroxylation sites is 1. The first-order valence-corrected chi connectivity index (χ1v) is 11.2. The Hall–Kier alpha value is -4.33. The van der Waals surface area contributed by atoms with Crippen molar-refractivity contribution in [2.45, 2.75) is 18.8 Å². The molecule has 0 saturated carbocycles. The van der Waals surface area contributed by atoms with Gasteiger partial charge in [0.25, 0.3) is 5.91 Å². The fourth-order valence-corrected chi connectivity index (χ4v) is 4.51. The van der Waals surface area contributed by atoms with E-state index in [0.29, 0.717) is 35.7 Å². The molecule has 2 aromatic carbocycles. The number of rotatable bonds is 6. The molecule has 1 aliphatic rings. The van der Waals surface area contributed by atoms with Crippen molar-refractivity contribution in [3.05, 3.63) is 84.7 Å². The van der Waals surface area contributed by atoms with Crippen molar-refractivity contribution in [1.29, 1.82) is 0 Å². The van der Waals surface area contributed by atoms with E-state index in [2.05, 4.69) is 16.7 Å². The lowest BCUT2D eigenvalue weighted by Crippen LogP contribution is -2.37. The Morgan fingerprint density at radius 2 is 1.74 bits per heavy atom. The first kappa shape index (κ1) is 21.5. The average molecular weight is 456 g/mol. The van der Waals surface area contributed by atoms with Gasteiger partial charge >= 0.3 is 0 Å². The predicted octanol–water partition coefficient (Wildman–Crippen LogP) is 4.11. The number of imidazole rings is 1. The fraction of sp³-hybridized carbons (Fsp3) is 0.192. The lowest BCUT2D eigenvalue weighted by molar-refractivity contribution is -0.127. The molecule has 0 aliphatic carbocycles. The van der Waals surface area contributed by atoms with Gasteiger partial charge in [-0.05, 0) is 55.3 Å². The van der Waals surface area contributed by atoms with Crippen LogP contribution in [0.4, 0.5) is 0 Å². The van der Waals surface area contributed by atoms with Gasteiger partial charge in [-0.25, -0.2) is 9.50 Å². The van der Waals surface area contributed by atoms with Crippen LogP contribution in [0.1, 0.15) is 34.8 Å². The molecule has 0 atom stereocenters. The molecule has 3 heterocycles. The molecule has 8 heteroatoms. The SMILES string of the molecule is C=CC(=O)N1CCC(c2cnc3c(C(N)=O)c(-c4ccc(Oc5ccccc5)cc4)[nH]n23)CC1. The Kier molecular flexibility index (Phi) is 5.63. The molecule has 0 unspecified atom stereocenters. The summed E-state index contributed by atoms with van der Waals surface area (Å²) in [4.78, 5) is 30.6. The molecule has 1 aliphatic heterocycles. The number of amides is 2. The van der Waals surface area contributed by atoms with Crippen LogP contribution in [0.5, 0.6) is 11.5 Å². The quantitative estimate of drug-likeness (QED) is 0.427. The molecule has 0 radical (unpaired) electrons. The first-order chi connectivity index (χ1) is 16.5. The second kappa shape index (κ2) is 8.90. The number of ether oxygens (including phenoxy) is 1. The summed E-state index contributed by atoms with van der Waals surface area (Å²) in [5.41, 5.74) is 9.00. The van der Waals surface area contributed by atoms with Crippen LogP contribution >= 0.6 is 0 Å². The molecule has 1 fully saturated rings. The van der Waals surface area contributed by atoms with Gasteiger partial charge in [-0.2, -0.15) is 0 Å². The predicted molar refractivity (Wildman–Crippen MR) is 129 cm³/mol. The summed E-state index contributed by atoms with van der Waals surface area (Å²) in [6.07, 6.45) is 4.75. The smallest absolute Gasteiger partial charge is 0.254 e. The number of nitrogens with one attached hydrogen (secondary N) is 1. The number of primary amides is 1. The van der Waals surface area contributed by atoms with E-state index in [4.69, 9.17) is 10.5 Å². The Bertz CT molecular complexity index is 1350. The number of aromatic amines is 1. The maximum Gasteiger partial charge on any atom is 0.254 e. The molecule has 0 spiro atoms. The summed E-state index contributed by atoms with van der Waals surface area (Å²) in [5.74, 6) is 1.05. The van der Waals surface area contributed by atoms with Gasteiger partial charge in [-0.3, -0.25) is 14.7 Å². The second-order valence-electron chi connectivity index (χ2n) is 8.31. The van der Waals surface area contributed by atoms with Gasteiger partial charge in [0.2, 0.25) is 5.91 Å². The number of nitrogens with two attached hydrogens (primary N) is 1. The zero-order chi connectivity index (χ0) is 23.7. The Morgan fingerprint density at radius 3 is 2.38 bits per heavy atom. The van der Waals surface area contributed by atoms with Crippen LogP contribution in [0.15, 0.2) is 73.4 Å². The zero-order valence-electron chi connectivity index (χ0n) is 18.6. The highest BCUT2D eigenvalue weighted by molar-refractivity contribution is 6.04. The minimum atomic E-state index is -0.547. The Labute approximate surface area is 196 Å². The number of carbonyl (C=O) groups excluding carboxylic acids is 2. The van der Waals surface area contributed by atoms with E-state index in [9.17, 15) is 9.59 Å². The minimum absolute atomic E-state index is 0.0465. The van der Waals surface area contributed by atoms with E-state index in [-0.39, 0.29) is 11.8 Å². The topological polar surface area (TPSA) is 106 Å². The molecule has 2 amide bonds. The molecule has 0 bridgehead atoms. The van der Waals surface area contributed by atoms with Crippen LogP contribution < -0.4 is 10.5 Å². The number of fused-ring (bicyclic) bond motifs is 1. The minimum Gasteiger partial charge on any atom is -0.457 e. The number of aromatic nitrogens is 3. The normalized spacial score (nSPS) is 14.3. The van der Waals surface area contributed by atoms with Gasteiger partial charge in [0.1, 0.15) is 17.1 Å². The van der Waals surface area contributed by atoms with Crippen molar-refractivity contribution < 1.29 is 14.3 Å². The van der Waals surface area contributed by atoms with Crippen molar-refractivity contribution in [3.63, 3.8) is 0 Å². The third-order valence-electron chi connectivity index (χ3n) is 6.25. The van der Waals surface area contributed by atoms with Gasteiger partial charge in [-0.15, -0.1) is 0 Å². The molecule has 2 aromatic heterocycles. The number of hydrogen-bond acceptors (Lipinski definition) is 4. The van der Waals surface area contributed by atoms with Crippen LogP contribution in [0, 0.1) is 0 Å². The number of benzene rings is 2. The summed E-state index contributed by atoms with van der Waals surface area (Å²) in [5, 5.41) is 3.34. The molecular formula is C26H25N5O3. The third-order valence-corrected chi connectivity index (χ3v) is 6.25. The summed E-state index contributed by atoms with van der Waals surface area (Å²) in [6.45, 7) is 4.88. The highest BCUT2D eigenvalue weighted by atomic mass is 16.5. The molecular weight excluding hydrogens is 430 g/mol.